The molecule has 0 bridgehead atoms. The second kappa shape index (κ2) is 10.2. The van der Waals surface area contributed by atoms with Gasteiger partial charge in [0.2, 0.25) is 10.0 Å². The number of rotatable bonds is 8. The Bertz CT molecular complexity index is 997. The van der Waals surface area contributed by atoms with E-state index in [1.165, 1.54) is 16.6 Å². The lowest BCUT2D eigenvalue weighted by Crippen LogP contribution is -2.42. The van der Waals surface area contributed by atoms with Crippen LogP contribution in [0.15, 0.2) is 41.4 Å². The van der Waals surface area contributed by atoms with Gasteiger partial charge >= 0.3 is 0 Å². The van der Waals surface area contributed by atoms with Crippen LogP contribution in [0.1, 0.15) is 46.1 Å². The number of aromatic nitrogens is 1. The zero-order chi connectivity index (χ0) is 23.5. The molecule has 1 aliphatic rings. The van der Waals surface area contributed by atoms with Gasteiger partial charge in [0.05, 0.1) is 0 Å². The lowest BCUT2D eigenvalue weighted by Gasteiger charge is -2.32. The summed E-state index contributed by atoms with van der Waals surface area (Å²) in [5.74, 6) is -1.01. The fourth-order valence-electron chi connectivity index (χ4n) is 4.23. The lowest BCUT2D eigenvalue weighted by atomic mass is 10.0. The molecule has 1 aliphatic heterocycles. The summed E-state index contributed by atoms with van der Waals surface area (Å²) in [5.41, 5.74) is 0.755. The second-order valence-electron chi connectivity index (χ2n) is 8.84. The lowest BCUT2D eigenvalue weighted by molar-refractivity contribution is 0.211. The van der Waals surface area contributed by atoms with E-state index in [2.05, 4.69) is 15.2 Å². The molecule has 0 atom stereocenters. The van der Waals surface area contributed by atoms with E-state index in [4.69, 9.17) is 0 Å². The van der Waals surface area contributed by atoms with Gasteiger partial charge in [-0.05, 0) is 70.4 Å². The predicted octanol–water partition coefficient (Wildman–Crippen LogP) is 4.24. The summed E-state index contributed by atoms with van der Waals surface area (Å²) in [6.45, 7) is 9.66. The number of hydrogen-bond acceptors (Lipinski definition) is 5. The van der Waals surface area contributed by atoms with Crippen molar-refractivity contribution in [1.82, 2.24) is 14.2 Å². The highest BCUT2D eigenvalue weighted by atomic mass is 32.2. The molecule has 6 nitrogen and oxygen atoms in total. The van der Waals surface area contributed by atoms with Gasteiger partial charge in [0.15, 0.2) is 11.6 Å². The van der Waals surface area contributed by atoms with Gasteiger partial charge < -0.3 is 5.32 Å². The number of benzene rings is 1. The minimum Gasteiger partial charge on any atom is -0.367 e. The molecule has 3 rings (SSSR count). The minimum absolute atomic E-state index is 0.144. The molecule has 9 heteroatoms. The smallest absolute Gasteiger partial charge is 0.245 e. The maximum atomic E-state index is 13.4. The summed E-state index contributed by atoms with van der Waals surface area (Å²) in [7, 11) is -3.61. The number of piperidine rings is 1. The number of nitrogens with one attached hydrogen (secondary N) is 1. The van der Waals surface area contributed by atoms with Crippen molar-refractivity contribution in [3.63, 3.8) is 0 Å². The molecule has 1 aromatic heterocycles. The number of nitrogens with zero attached hydrogens (tertiary/aromatic N) is 3. The van der Waals surface area contributed by atoms with Gasteiger partial charge in [0, 0.05) is 44.0 Å². The highest BCUT2D eigenvalue weighted by Gasteiger charge is 2.29. The third-order valence-corrected chi connectivity index (χ3v) is 7.90. The first-order valence-corrected chi connectivity index (χ1v) is 12.4. The van der Waals surface area contributed by atoms with Crippen molar-refractivity contribution in [3.8, 4) is 0 Å². The zero-order valence-corrected chi connectivity index (χ0v) is 19.9. The fourth-order valence-corrected chi connectivity index (χ4v) is 6.01. The summed E-state index contributed by atoms with van der Waals surface area (Å²) in [6.07, 6.45) is 3.16. The number of halogens is 2. The molecule has 0 aliphatic carbocycles. The van der Waals surface area contributed by atoms with Crippen molar-refractivity contribution in [3.05, 3.63) is 53.7 Å². The quantitative estimate of drug-likeness (QED) is 0.630. The summed E-state index contributed by atoms with van der Waals surface area (Å²) in [5, 5.41) is 3.38. The first-order chi connectivity index (χ1) is 15.1. The van der Waals surface area contributed by atoms with E-state index in [0.717, 1.165) is 37.6 Å². The second-order valence-corrected chi connectivity index (χ2v) is 10.7. The molecule has 1 N–H and O–H groups in total. The van der Waals surface area contributed by atoms with E-state index in [-0.39, 0.29) is 23.0 Å². The Labute approximate surface area is 189 Å². The zero-order valence-electron chi connectivity index (χ0n) is 19.1. The molecule has 0 spiro atoms. The van der Waals surface area contributed by atoms with Crippen LogP contribution in [0.2, 0.25) is 0 Å². The van der Waals surface area contributed by atoms with Crippen LogP contribution in [-0.2, 0) is 16.6 Å². The molecule has 1 fully saturated rings. The molecule has 2 heterocycles. The largest absolute Gasteiger partial charge is 0.367 e. The van der Waals surface area contributed by atoms with E-state index < -0.39 is 21.7 Å². The van der Waals surface area contributed by atoms with Gasteiger partial charge in [0.25, 0.3) is 0 Å². The average molecular weight is 467 g/mol. The van der Waals surface area contributed by atoms with Gasteiger partial charge in [-0.3, -0.25) is 4.90 Å². The van der Waals surface area contributed by atoms with Crippen LogP contribution >= 0.6 is 0 Å². The van der Waals surface area contributed by atoms with E-state index >= 15 is 0 Å². The Balaban J connectivity index is 1.56. The van der Waals surface area contributed by atoms with Gasteiger partial charge in [-0.1, -0.05) is 6.07 Å². The Hall–Kier alpha value is -2.10. The van der Waals surface area contributed by atoms with Crippen molar-refractivity contribution in [2.45, 2.75) is 70.1 Å². The molecular formula is C23H32F2N4O2S. The third-order valence-electron chi connectivity index (χ3n) is 5.66. The van der Waals surface area contributed by atoms with Crippen LogP contribution in [0.3, 0.4) is 0 Å². The molecule has 1 aromatic carbocycles. The first kappa shape index (κ1) is 24.5. The van der Waals surface area contributed by atoms with Gasteiger partial charge in [-0.2, -0.15) is 4.31 Å². The normalized spacial score (nSPS) is 16.3. The summed E-state index contributed by atoms with van der Waals surface area (Å²) in [6, 6.07) is 7.26. The Morgan fingerprint density at radius 2 is 1.72 bits per heavy atom. The van der Waals surface area contributed by atoms with Gasteiger partial charge in [-0.25, -0.2) is 22.2 Å². The molecule has 176 valence electrons. The summed E-state index contributed by atoms with van der Waals surface area (Å²) < 4.78 is 53.9. The minimum atomic E-state index is -3.61. The number of sulfonamides is 1. The van der Waals surface area contributed by atoms with Crippen LogP contribution in [0, 0.1) is 11.6 Å². The number of likely N-dealkylation sites (tertiary alicyclic amines) is 1. The summed E-state index contributed by atoms with van der Waals surface area (Å²) in [4.78, 5) is 6.73. The number of anilines is 1. The monoisotopic (exact) mass is 466 g/mol. The SMILES string of the molecule is CC(C)N(C(C)C)S(=O)(=O)c1ccc(NC2CCN(Cc3ccc(F)c(F)c3)CC2)nc1. The van der Waals surface area contributed by atoms with Crippen LogP contribution in [0.4, 0.5) is 14.6 Å². The van der Waals surface area contributed by atoms with Crippen LogP contribution in [-0.4, -0.2) is 53.8 Å². The standard InChI is InChI=1S/C23H32F2N4O2S/c1-16(2)29(17(3)4)32(30,31)20-6-8-23(26-14-20)27-19-9-11-28(12-10-19)15-18-5-7-21(24)22(25)13-18/h5-8,13-14,16-17,19H,9-12,15H2,1-4H3,(H,26,27). The molecule has 0 radical (unpaired) electrons. The fraction of sp³-hybridized carbons (Fsp3) is 0.522. The van der Waals surface area contributed by atoms with E-state index in [1.54, 1.807) is 18.2 Å². The average Bonchev–Trinajstić information content (AvgIpc) is 2.72. The van der Waals surface area contributed by atoms with Gasteiger partial charge in [0.1, 0.15) is 10.7 Å². The van der Waals surface area contributed by atoms with Crippen molar-refractivity contribution < 1.29 is 17.2 Å². The van der Waals surface area contributed by atoms with Crippen LogP contribution in [0.5, 0.6) is 0 Å². The maximum absolute atomic E-state index is 13.4. The van der Waals surface area contributed by atoms with Crippen molar-refractivity contribution in [1.29, 1.82) is 0 Å². The molecule has 2 aromatic rings. The predicted molar refractivity (Wildman–Crippen MR) is 122 cm³/mol. The van der Waals surface area contributed by atoms with E-state index in [1.807, 2.05) is 27.7 Å². The highest BCUT2D eigenvalue weighted by Crippen LogP contribution is 2.23. The molecular weight excluding hydrogens is 434 g/mol. The van der Waals surface area contributed by atoms with Crippen LogP contribution in [0.25, 0.3) is 0 Å². The topological polar surface area (TPSA) is 65.5 Å². The molecule has 0 amide bonds. The van der Waals surface area contributed by atoms with Crippen molar-refractivity contribution in [2.24, 2.45) is 0 Å². The van der Waals surface area contributed by atoms with Crippen LogP contribution < -0.4 is 5.32 Å². The maximum Gasteiger partial charge on any atom is 0.245 e. The van der Waals surface area contributed by atoms with E-state index in [9.17, 15) is 17.2 Å². The van der Waals surface area contributed by atoms with Crippen molar-refractivity contribution in [2.75, 3.05) is 18.4 Å². The molecule has 32 heavy (non-hydrogen) atoms. The molecule has 0 unspecified atom stereocenters. The molecule has 0 saturated carbocycles. The number of pyridine rings is 1. The Morgan fingerprint density at radius 1 is 1.06 bits per heavy atom. The number of hydrogen-bond donors (Lipinski definition) is 1. The van der Waals surface area contributed by atoms with E-state index in [0.29, 0.717) is 12.4 Å². The van der Waals surface area contributed by atoms with Gasteiger partial charge in [-0.15, -0.1) is 0 Å². The Kier molecular flexibility index (Phi) is 7.84. The Morgan fingerprint density at radius 3 is 2.25 bits per heavy atom. The molecule has 1 saturated heterocycles. The first-order valence-electron chi connectivity index (χ1n) is 11.0. The van der Waals surface area contributed by atoms with Crippen molar-refractivity contribution >= 4 is 15.8 Å². The highest BCUT2D eigenvalue weighted by molar-refractivity contribution is 7.89. The summed E-state index contributed by atoms with van der Waals surface area (Å²) >= 11 is 0. The third kappa shape index (κ3) is 5.82.